The molecule has 14 heavy (non-hydrogen) atoms. The number of rotatable bonds is 2. The molecule has 1 rings (SSSR count). The fourth-order valence-corrected chi connectivity index (χ4v) is 1.80. The summed E-state index contributed by atoms with van der Waals surface area (Å²) in [5.41, 5.74) is 0. The van der Waals surface area contributed by atoms with E-state index in [0.29, 0.717) is 6.42 Å². The minimum Gasteiger partial charge on any atom is -0.392 e. The monoisotopic (exact) mass is 199 g/mol. The minimum absolute atomic E-state index is 0.0956. The molecule has 0 heterocycles. The Labute approximate surface area is 83.9 Å². The number of carbonyl (C=O) groups excluding carboxylic acids is 2. The van der Waals surface area contributed by atoms with E-state index in [4.69, 9.17) is 0 Å². The van der Waals surface area contributed by atoms with Gasteiger partial charge in [0.1, 0.15) is 0 Å². The van der Waals surface area contributed by atoms with Crippen LogP contribution in [0.4, 0.5) is 0 Å². The molecule has 0 saturated heterocycles. The SMILES string of the molecule is CC(C1C(=O)C(=O)CCC1O)N(C)C. The third-order valence-electron chi connectivity index (χ3n) is 2.99. The van der Waals surface area contributed by atoms with Gasteiger partial charge in [-0.25, -0.2) is 0 Å². The first-order chi connectivity index (χ1) is 6.45. The molecule has 1 saturated carbocycles. The molecule has 1 aliphatic carbocycles. The summed E-state index contributed by atoms with van der Waals surface area (Å²) in [5, 5.41) is 9.68. The van der Waals surface area contributed by atoms with Crippen molar-refractivity contribution in [2.75, 3.05) is 14.1 Å². The third-order valence-corrected chi connectivity index (χ3v) is 2.99. The molecule has 0 aromatic carbocycles. The first-order valence-corrected chi connectivity index (χ1v) is 4.86. The van der Waals surface area contributed by atoms with Crippen molar-refractivity contribution in [3.63, 3.8) is 0 Å². The molecule has 0 amide bonds. The minimum atomic E-state index is -0.669. The van der Waals surface area contributed by atoms with Gasteiger partial charge in [0.25, 0.3) is 0 Å². The van der Waals surface area contributed by atoms with Crippen LogP contribution in [0.25, 0.3) is 0 Å². The molecule has 1 aliphatic rings. The first kappa shape index (κ1) is 11.3. The van der Waals surface area contributed by atoms with Crippen molar-refractivity contribution in [2.24, 2.45) is 5.92 Å². The van der Waals surface area contributed by atoms with E-state index in [1.54, 1.807) is 0 Å². The van der Waals surface area contributed by atoms with E-state index in [1.807, 2.05) is 25.9 Å². The summed E-state index contributed by atoms with van der Waals surface area (Å²) in [6, 6.07) is -0.0956. The van der Waals surface area contributed by atoms with Gasteiger partial charge in [-0.05, 0) is 27.4 Å². The Hall–Kier alpha value is -0.740. The second-order valence-electron chi connectivity index (χ2n) is 4.12. The Bertz CT molecular complexity index is 250. The number of aliphatic hydroxyl groups is 1. The molecule has 0 bridgehead atoms. The molecule has 0 aromatic heterocycles. The highest BCUT2D eigenvalue weighted by Gasteiger charge is 2.40. The molecular weight excluding hydrogens is 182 g/mol. The Morgan fingerprint density at radius 2 is 2.00 bits per heavy atom. The number of carbonyl (C=O) groups is 2. The average Bonchev–Trinajstić information content (AvgIpc) is 2.12. The normalized spacial score (nSPS) is 30.9. The Kier molecular flexibility index (Phi) is 3.39. The fraction of sp³-hybridized carbons (Fsp3) is 0.800. The van der Waals surface area contributed by atoms with E-state index in [-0.39, 0.29) is 18.2 Å². The van der Waals surface area contributed by atoms with Crippen LogP contribution in [-0.2, 0) is 9.59 Å². The summed E-state index contributed by atoms with van der Waals surface area (Å²) in [4.78, 5) is 24.6. The van der Waals surface area contributed by atoms with Crippen LogP contribution >= 0.6 is 0 Å². The van der Waals surface area contributed by atoms with Gasteiger partial charge >= 0.3 is 0 Å². The van der Waals surface area contributed by atoms with E-state index in [1.165, 1.54) is 0 Å². The molecule has 80 valence electrons. The summed E-state index contributed by atoms with van der Waals surface area (Å²) in [5.74, 6) is -1.30. The zero-order valence-electron chi connectivity index (χ0n) is 8.86. The lowest BCUT2D eigenvalue weighted by molar-refractivity contribution is -0.146. The Balaban J connectivity index is 2.82. The molecule has 0 radical (unpaired) electrons. The molecule has 0 aromatic rings. The predicted molar refractivity (Wildman–Crippen MR) is 51.9 cm³/mol. The van der Waals surface area contributed by atoms with Crippen LogP contribution in [0.3, 0.4) is 0 Å². The van der Waals surface area contributed by atoms with E-state index >= 15 is 0 Å². The van der Waals surface area contributed by atoms with Crippen molar-refractivity contribution in [1.82, 2.24) is 4.90 Å². The standard InChI is InChI=1S/C10H17NO3/c1-6(11(2)3)9-7(12)4-5-8(13)10(9)14/h6-7,9,12H,4-5H2,1-3H3. The van der Waals surface area contributed by atoms with Crippen molar-refractivity contribution < 1.29 is 14.7 Å². The maximum absolute atomic E-state index is 11.5. The van der Waals surface area contributed by atoms with Crippen LogP contribution < -0.4 is 0 Å². The van der Waals surface area contributed by atoms with Gasteiger partial charge in [0.05, 0.1) is 12.0 Å². The van der Waals surface area contributed by atoms with Crippen molar-refractivity contribution in [3.8, 4) is 0 Å². The van der Waals surface area contributed by atoms with Crippen LogP contribution in [0, 0.1) is 5.92 Å². The van der Waals surface area contributed by atoms with E-state index in [9.17, 15) is 14.7 Å². The molecule has 4 nitrogen and oxygen atoms in total. The van der Waals surface area contributed by atoms with E-state index < -0.39 is 17.8 Å². The summed E-state index contributed by atoms with van der Waals surface area (Å²) in [6.07, 6.45) is -0.0676. The van der Waals surface area contributed by atoms with E-state index in [2.05, 4.69) is 0 Å². The van der Waals surface area contributed by atoms with Gasteiger partial charge in [-0.15, -0.1) is 0 Å². The Morgan fingerprint density at radius 1 is 1.43 bits per heavy atom. The van der Waals surface area contributed by atoms with E-state index in [0.717, 1.165) is 0 Å². The molecule has 4 heteroatoms. The molecule has 1 fully saturated rings. The lowest BCUT2D eigenvalue weighted by Gasteiger charge is -2.33. The van der Waals surface area contributed by atoms with Crippen molar-refractivity contribution in [2.45, 2.75) is 31.9 Å². The predicted octanol–water partition coefficient (Wildman–Crippen LogP) is -0.154. The maximum atomic E-state index is 11.5. The van der Waals surface area contributed by atoms with Crippen LogP contribution in [0.5, 0.6) is 0 Å². The van der Waals surface area contributed by atoms with Crippen LogP contribution in [0.1, 0.15) is 19.8 Å². The van der Waals surface area contributed by atoms with Gasteiger partial charge < -0.3 is 10.0 Å². The average molecular weight is 199 g/mol. The third kappa shape index (κ3) is 2.01. The van der Waals surface area contributed by atoms with Crippen LogP contribution in [0.15, 0.2) is 0 Å². The molecular formula is C10H17NO3. The summed E-state index contributed by atoms with van der Waals surface area (Å²) in [7, 11) is 3.67. The molecule has 3 unspecified atom stereocenters. The summed E-state index contributed by atoms with van der Waals surface area (Å²) in [6.45, 7) is 1.85. The number of Topliss-reactive ketones (excluding diaryl/α,β-unsaturated/α-hetero) is 2. The van der Waals surface area contributed by atoms with Gasteiger partial charge in [0, 0.05) is 12.5 Å². The molecule has 0 aliphatic heterocycles. The molecule has 3 atom stereocenters. The lowest BCUT2D eigenvalue weighted by atomic mass is 9.80. The largest absolute Gasteiger partial charge is 0.392 e. The van der Waals surface area contributed by atoms with Crippen molar-refractivity contribution in [1.29, 1.82) is 0 Å². The lowest BCUT2D eigenvalue weighted by Crippen LogP contribution is -2.49. The highest BCUT2D eigenvalue weighted by molar-refractivity contribution is 6.38. The van der Waals surface area contributed by atoms with Gasteiger partial charge in [-0.1, -0.05) is 0 Å². The molecule has 0 spiro atoms. The number of nitrogens with zero attached hydrogens (tertiary/aromatic N) is 1. The number of aliphatic hydroxyl groups excluding tert-OH is 1. The highest BCUT2D eigenvalue weighted by Crippen LogP contribution is 2.24. The van der Waals surface area contributed by atoms with Gasteiger partial charge in [-0.3, -0.25) is 9.59 Å². The zero-order valence-corrected chi connectivity index (χ0v) is 8.86. The van der Waals surface area contributed by atoms with Crippen molar-refractivity contribution in [3.05, 3.63) is 0 Å². The maximum Gasteiger partial charge on any atom is 0.205 e. The van der Waals surface area contributed by atoms with Gasteiger partial charge in [0.2, 0.25) is 5.78 Å². The number of hydrogen-bond acceptors (Lipinski definition) is 4. The number of hydrogen-bond donors (Lipinski definition) is 1. The zero-order chi connectivity index (χ0) is 10.9. The quantitative estimate of drug-likeness (QED) is 0.628. The molecule has 1 N–H and O–H groups in total. The topological polar surface area (TPSA) is 57.6 Å². The second kappa shape index (κ2) is 4.19. The second-order valence-corrected chi connectivity index (χ2v) is 4.12. The fourth-order valence-electron chi connectivity index (χ4n) is 1.80. The van der Waals surface area contributed by atoms with Crippen molar-refractivity contribution >= 4 is 11.6 Å². The van der Waals surface area contributed by atoms with Crippen LogP contribution in [0.2, 0.25) is 0 Å². The first-order valence-electron chi connectivity index (χ1n) is 4.86. The smallest absolute Gasteiger partial charge is 0.205 e. The van der Waals surface area contributed by atoms with Gasteiger partial charge in [-0.2, -0.15) is 0 Å². The summed E-state index contributed by atoms with van der Waals surface area (Å²) < 4.78 is 0. The summed E-state index contributed by atoms with van der Waals surface area (Å²) >= 11 is 0. The van der Waals surface area contributed by atoms with Gasteiger partial charge in [0.15, 0.2) is 5.78 Å². The highest BCUT2D eigenvalue weighted by atomic mass is 16.3. The Morgan fingerprint density at radius 3 is 2.50 bits per heavy atom. The number of ketones is 2. The van der Waals surface area contributed by atoms with Crippen LogP contribution in [-0.4, -0.2) is 47.8 Å².